The number of rotatable bonds is 6. The van der Waals surface area contributed by atoms with E-state index in [0.29, 0.717) is 0 Å². The van der Waals surface area contributed by atoms with Crippen LogP contribution in [-0.2, 0) is 4.74 Å². The molecule has 0 atom stereocenters. The molecule has 4 nitrogen and oxygen atoms in total. The van der Waals surface area contributed by atoms with Gasteiger partial charge in [-0.05, 0) is 6.07 Å². The summed E-state index contributed by atoms with van der Waals surface area (Å²) in [5.74, 6) is -0.867. The Morgan fingerprint density at radius 2 is 2.00 bits per heavy atom. The molecule has 0 spiro atoms. The van der Waals surface area contributed by atoms with E-state index in [1.54, 1.807) is 0 Å². The molecule has 1 heterocycles. The van der Waals surface area contributed by atoms with Crippen molar-refractivity contribution in [2.24, 2.45) is 0 Å². The van der Waals surface area contributed by atoms with Crippen LogP contribution in [0.2, 0.25) is 10.0 Å². The van der Waals surface area contributed by atoms with Crippen molar-refractivity contribution in [3.63, 3.8) is 0 Å². The van der Waals surface area contributed by atoms with Crippen LogP contribution < -0.4 is 4.74 Å². The van der Waals surface area contributed by atoms with Crippen LogP contribution in [0.4, 0.5) is 4.39 Å². The minimum absolute atomic E-state index is 0.0313. The third kappa shape index (κ3) is 4.09. The lowest BCUT2D eigenvalue weighted by Crippen LogP contribution is -2.10. The predicted octanol–water partition coefficient (Wildman–Crippen LogP) is 1.92. The van der Waals surface area contributed by atoms with Gasteiger partial charge in [0.25, 0.3) is 0 Å². The number of aliphatic hydroxyl groups is 1. The van der Waals surface area contributed by atoms with E-state index in [0.717, 1.165) is 0 Å². The first-order valence-electron chi connectivity index (χ1n) is 4.48. The zero-order valence-electron chi connectivity index (χ0n) is 8.25. The largest absolute Gasteiger partial charge is 0.474 e. The van der Waals surface area contributed by atoms with E-state index in [-0.39, 0.29) is 42.4 Å². The van der Waals surface area contributed by atoms with Crippen molar-refractivity contribution >= 4 is 23.2 Å². The van der Waals surface area contributed by atoms with Crippen molar-refractivity contribution in [1.29, 1.82) is 0 Å². The molecule has 7 heteroatoms. The first-order valence-corrected chi connectivity index (χ1v) is 5.23. The molecular weight excluding hydrogens is 260 g/mol. The van der Waals surface area contributed by atoms with E-state index >= 15 is 0 Å². The minimum Gasteiger partial charge on any atom is -0.474 e. The van der Waals surface area contributed by atoms with Crippen LogP contribution in [0.1, 0.15) is 0 Å². The topological polar surface area (TPSA) is 51.6 Å². The van der Waals surface area contributed by atoms with Crippen LogP contribution in [0, 0.1) is 5.95 Å². The number of halogens is 3. The average molecular weight is 270 g/mol. The lowest BCUT2D eigenvalue weighted by molar-refractivity contribution is 0.0693. The van der Waals surface area contributed by atoms with Gasteiger partial charge in [0, 0.05) is 0 Å². The molecule has 0 amide bonds. The first kappa shape index (κ1) is 13.4. The molecule has 0 saturated heterocycles. The van der Waals surface area contributed by atoms with Crippen molar-refractivity contribution in [2.75, 3.05) is 26.4 Å². The van der Waals surface area contributed by atoms with Crippen LogP contribution >= 0.6 is 23.2 Å². The number of ether oxygens (including phenoxy) is 2. The maximum absolute atomic E-state index is 12.9. The van der Waals surface area contributed by atoms with Gasteiger partial charge in [0.15, 0.2) is 0 Å². The van der Waals surface area contributed by atoms with Gasteiger partial charge in [0.2, 0.25) is 11.8 Å². The van der Waals surface area contributed by atoms with Crippen molar-refractivity contribution in [2.45, 2.75) is 0 Å². The molecular formula is C9H10Cl2FNO3. The lowest BCUT2D eigenvalue weighted by atomic mass is 10.5. The standard InChI is InChI=1S/C9H10Cl2FNO3/c10-6-5-7(11)9(13-8(6)12)16-4-3-15-2-1-14/h5,14H,1-4H2. The highest BCUT2D eigenvalue weighted by atomic mass is 35.5. The fraction of sp³-hybridized carbons (Fsp3) is 0.444. The third-order valence-corrected chi connectivity index (χ3v) is 2.09. The van der Waals surface area contributed by atoms with Gasteiger partial charge in [0.05, 0.1) is 24.8 Å². The Morgan fingerprint density at radius 3 is 2.69 bits per heavy atom. The summed E-state index contributed by atoms with van der Waals surface area (Å²) in [4.78, 5) is 3.43. The average Bonchev–Trinajstić information content (AvgIpc) is 2.25. The molecule has 1 N–H and O–H groups in total. The van der Waals surface area contributed by atoms with Crippen molar-refractivity contribution in [3.05, 3.63) is 22.1 Å². The predicted molar refractivity (Wildman–Crippen MR) is 57.6 cm³/mol. The van der Waals surface area contributed by atoms with E-state index in [2.05, 4.69) is 4.98 Å². The van der Waals surface area contributed by atoms with Gasteiger partial charge in [0.1, 0.15) is 11.6 Å². The molecule has 0 saturated carbocycles. The van der Waals surface area contributed by atoms with Gasteiger partial charge in [-0.3, -0.25) is 0 Å². The van der Waals surface area contributed by atoms with E-state index < -0.39 is 5.95 Å². The molecule has 1 rings (SSSR count). The number of aromatic nitrogens is 1. The summed E-state index contributed by atoms with van der Waals surface area (Å²) in [6, 6.07) is 1.22. The number of aliphatic hydroxyl groups excluding tert-OH is 1. The summed E-state index contributed by atoms with van der Waals surface area (Å²) in [5, 5.41) is 8.40. The van der Waals surface area contributed by atoms with E-state index in [1.165, 1.54) is 6.07 Å². The SMILES string of the molecule is OCCOCCOc1nc(F)c(Cl)cc1Cl. The second kappa shape index (κ2) is 6.85. The Hall–Kier alpha value is -0.620. The highest BCUT2D eigenvalue weighted by Gasteiger charge is 2.09. The van der Waals surface area contributed by atoms with Crippen LogP contribution in [0.15, 0.2) is 6.07 Å². The molecule has 1 aromatic rings. The van der Waals surface area contributed by atoms with Crippen LogP contribution in [0.25, 0.3) is 0 Å². The Morgan fingerprint density at radius 1 is 1.25 bits per heavy atom. The molecule has 0 aromatic carbocycles. The normalized spacial score (nSPS) is 10.5. The summed E-state index contributed by atoms with van der Waals surface area (Å²) in [5.41, 5.74) is 0. The van der Waals surface area contributed by atoms with Gasteiger partial charge in [-0.2, -0.15) is 9.37 Å². The zero-order valence-corrected chi connectivity index (χ0v) is 9.76. The van der Waals surface area contributed by atoms with E-state index in [9.17, 15) is 4.39 Å². The quantitative estimate of drug-likeness (QED) is 0.633. The number of hydrogen-bond acceptors (Lipinski definition) is 4. The molecule has 0 aliphatic carbocycles. The second-order valence-corrected chi connectivity index (χ2v) is 3.55. The molecule has 0 fully saturated rings. The Labute approximate surface area is 102 Å². The van der Waals surface area contributed by atoms with Crippen LogP contribution in [0.3, 0.4) is 0 Å². The third-order valence-electron chi connectivity index (χ3n) is 1.56. The molecule has 16 heavy (non-hydrogen) atoms. The van der Waals surface area contributed by atoms with E-state index in [1.807, 2.05) is 0 Å². The maximum Gasteiger partial charge on any atom is 0.235 e. The summed E-state index contributed by atoms with van der Waals surface area (Å²) in [6.45, 7) is 0.574. The Balaban J connectivity index is 2.45. The molecule has 0 radical (unpaired) electrons. The van der Waals surface area contributed by atoms with Gasteiger partial charge >= 0.3 is 0 Å². The molecule has 90 valence electrons. The highest BCUT2D eigenvalue weighted by molar-refractivity contribution is 6.35. The molecule has 0 aliphatic rings. The van der Waals surface area contributed by atoms with E-state index in [4.69, 9.17) is 37.8 Å². The summed E-state index contributed by atoms with van der Waals surface area (Å²) < 4.78 is 22.9. The van der Waals surface area contributed by atoms with Crippen LogP contribution in [-0.4, -0.2) is 36.5 Å². The Bertz CT molecular complexity index is 352. The monoisotopic (exact) mass is 269 g/mol. The van der Waals surface area contributed by atoms with Gasteiger partial charge in [-0.25, -0.2) is 0 Å². The number of pyridine rings is 1. The second-order valence-electron chi connectivity index (χ2n) is 2.73. The van der Waals surface area contributed by atoms with Crippen LogP contribution in [0.5, 0.6) is 5.88 Å². The number of hydrogen-bond donors (Lipinski definition) is 1. The van der Waals surface area contributed by atoms with Crippen molar-refractivity contribution < 1.29 is 19.0 Å². The number of nitrogens with zero attached hydrogens (tertiary/aromatic N) is 1. The summed E-state index contributed by atoms with van der Waals surface area (Å²) >= 11 is 11.2. The molecule has 0 unspecified atom stereocenters. The van der Waals surface area contributed by atoms with Gasteiger partial charge in [-0.1, -0.05) is 23.2 Å². The Kier molecular flexibility index (Phi) is 5.76. The smallest absolute Gasteiger partial charge is 0.235 e. The molecule has 0 bridgehead atoms. The fourth-order valence-corrected chi connectivity index (χ4v) is 1.31. The van der Waals surface area contributed by atoms with Crippen molar-refractivity contribution in [3.8, 4) is 5.88 Å². The van der Waals surface area contributed by atoms with Gasteiger partial charge < -0.3 is 14.6 Å². The summed E-state index contributed by atoms with van der Waals surface area (Å²) in [6.07, 6.45) is 0. The fourth-order valence-electron chi connectivity index (χ4n) is 0.894. The molecule has 0 aliphatic heterocycles. The maximum atomic E-state index is 12.9. The van der Waals surface area contributed by atoms with Gasteiger partial charge in [-0.15, -0.1) is 0 Å². The minimum atomic E-state index is -0.836. The zero-order chi connectivity index (χ0) is 12.0. The highest BCUT2D eigenvalue weighted by Crippen LogP contribution is 2.26. The first-order chi connectivity index (χ1) is 7.65. The van der Waals surface area contributed by atoms with Crippen molar-refractivity contribution in [1.82, 2.24) is 4.98 Å². The molecule has 1 aromatic heterocycles. The lowest BCUT2D eigenvalue weighted by Gasteiger charge is -2.07. The summed E-state index contributed by atoms with van der Waals surface area (Å²) in [7, 11) is 0.